The van der Waals surface area contributed by atoms with Crippen molar-refractivity contribution in [3.8, 4) is 0 Å². The van der Waals surface area contributed by atoms with Gasteiger partial charge in [0, 0.05) is 59.9 Å². The lowest BCUT2D eigenvalue weighted by molar-refractivity contribution is -0.130. The number of allylic oxidation sites excluding steroid dienone is 4. The Kier molecular flexibility index (Phi) is 21.7. The molecule has 0 unspecified atom stereocenters. The molecular weight excluding hydrogens is 544 g/mol. The van der Waals surface area contributed by atoms with Gasteiger partial charge < -0.3 is 29.9 Å². The minimum Gasteiger partial charge on any atom is -0.449 e. The largest absolute Gasteiger partial charge is 0.449 e. The molecule has 0 aromatic heterocycles. The Morgan fingerprint density at radius 3 is 2.16 bits per heavy atom. The molecule has 4 amide bonds. The summed E-state index contributed by atoms with van der Waals surface area (Å²) in [6, 6.07) is 9.59. The average molecular weight is 599 g/mol. The SMILES string of the molecule is C=C/C=C(\C=C)CCC(=O)N(C)CCCOCCCCCCCCNC(=O)OCCCN(C)C(=O)NCc1ccccc1. The zero-order chi connectivity index (χ0) is 31.5. The molecule has 0 radical (unpaired) electrons. The van der Waals surface area contributed by atoms with E-state index >= 15 is 0 Å². The maximum absolute atomic E-state index is 12.2. The van der Waals surface area contributed by atoms with E-state index < -0.39 is 6.09 Å². The molecule has 0 saturated heterocycles. The highest BCUT2D eigenvalue weighted by molar-refractivity contribution is 5.76. The molecule has 2 N–H and O–H groups in total. The minimum absolute atomic E-state index is 0.130. The van der Waals surface area contributed by atoms with Gasteiger partial charge >= 0.3 is 12.1 Å². The van der Waals surface area contributed by atoms with Crippen LogP contribution in [-0.2, 0) is 20.8 Å². The van der Waals surface area contributed by atoms with Crippen molar-refractivity contribution in [2.24, 2.45) is 0 Å². The molecule has 0 aliphatic rings. The Labute approximate surface area is 259 Å². The van der Waals surface area contributed by atoms with E-state index in [9.17, 15) is 14.4 Å². The summed E-state index contributed by atoms with van der Waals surface area (Å²) < 4.78 is 10.9. The third-order valence-corrected chi connectivity index (χ3v) is 6.92. The first kappa shape index (κ1) is 37.4. The van der Waals surface area contributed by atoms with E-state index in [4.69, 9.17) is 9.47 Å². The molecule has 9 heteroatoms. The highest BCUT2D eigenvalue weighted by Gasteiger charge is 2.10. The first-order valence-corrected chi connectivity index (χ1v) is 15.6. The molecule has 43 heavy (non-hydrogen) atoms. The lowest BCUT2D eigenvalue weighted by Gasteiger charge is -2.18. The number of unbranched alkanes of at least 4 members (excludes halogenated alkanes) is 5. The summed E-state index contributed by atoms with van der Waals surface area (Å²) in [5.74, 6) is 0.130. The van der Waals surface area contributed by atoms with Crippen LogP contribution in [-0.4, -0.2) is 81.4 Å². The van der Waals surface area contributed by atoms with E-state index in [2.05, 4.69) is 23.8 Å². The maximum Gasteiger partial charge on any atom is 0.407 e. The summed E-state index contributed by atoms with van der Waals surface area (Å²) >= 11 is 0. The van der Waals surface area contributed by atoms with Crippen LogP contribution in [0, 0.1) is 0 Å². The topological polar surface area (TPSA) is 100 Å². The smallest absolute Gasteiger partial charge is 0.407 e. The predicted octanol–water partition coefficient (Wildman–Crippen LogP) is 6.23. The maximum atomic E-state index is 12.2. The van der Waals surface area contributed by atoms with Crippen LogP contribution in [0.15, 0.2) is 67.3 Å². The number of carbonyl (C=O) groups excluding carboxylic acids is 3. The average Bonchev–Trinajstić information content (AvgIpc) is 3.02. The number of carbonyl (C=O) groups is 3. The second-order valence-electron chi connectivity index (χ2n) is 10.6. The molecule has 0 bridgehead atoms. The van der Waals surface area contributed by atoms with Gasteiger partial charge in [0.1, 0.15) is 0 Å². The van der Waals surface area contributed by atoms with E-state index in [1.54, 1.807) is 29.0 Å². The Morgan fingerprint density at radius 2 is 1.44 bits per heavy atom. The highest BCUT2D eigenvalue weighted by Crippen LogP contribution is 2.09. The van der Waals surface area contributed by atoms with Gasteiger partial charge in [-0.15, -0.1) is 0 Å². The van der Waals surface area contributed by atoms with Crippen molar-refractivity contribution in [2.75, 3.05) is 53.6 Å². The van der Waals surface area contributed by atoms with E-state index in [0.29, 0.717) is 52.0 Å². The Hall–Kier alpha value is -3.59. The lowest BCUT2D eigenvalue weighted by Crippen LogP contribution is -2.37. The molecule has 0 aliphatic carbocycles. The van der Waals surface area contributed by atoms with Crippen LogP contribution in [0.4, 0.5) is 9.59 Å². The first-order valence-electron chi connectivity index (χ1n) is 15.6. The van der Waals surface area contributed by atoms with Crippen LogP contribution < -0.4 is 10.6 Å². The van der Waals surface area contributed by atoms with Crippen LogP contribution in [0.5, 0.6) is 0 Å². The van der Waals surface area contributed by atoms with E-state index in [1.165, 1.54) is 0 Å². The van der Waals surface area contributed by atoms with Gasteiger partial charge in [-0.25, -0.2) is 9.59 Å². The second-order valence-corrected chi connectivity index (χ2v) is 10.6. The number of urea groups is 1. The zero-order valence-corrected chi connectivity index (χ0v) is 26.5. The number of benzene rings is 1. The quantitative estimate of drug-likeness (QED) is 0.109. The summed E-state index contributed by atoms with van der Waals surface area (Å²) in [6.45, 7) is 11.4. The van der Waals surface area contributed by atoms with Crippen molar-refractivity contribution in [1.82, 2.24) is 20.4 Å². The monoisotopic (exact) mass is 598 g/mol. The molecule has 1 aromatic carbocycles. The van der Waals surface area contributed by atoms with Crippen LogP contribution in [0.3, 0.4) is 0 Å². The van der Waals surface area contributed by atoms with Crippen molar-refractivity contribution in [1.29, 1.82) is 0 Å². The first-order chi connectivity index (χ1) is 20.9. The van der Waals surface area contributed by atoms with Crippen molar-refractivity contribution in [2.45, 2.75) is 70.8 Å². The molecule has 1 rings (SSSR count). The fraction of sp³-hybridized carbons (Fsp3) is 0.559. The fourth-order valence-corrected chi connectivity index (χ4v) is 4.23. The molecule has 0 fully saturated rings. The standard InChI is InChI=1S/C34H54N4O5/c1-5-18-30(6-2)21-22-32(39)37(3)24-16-27-42-26-15-10-8-7-9-14-23-35-34(41)43-28-17-25-38(4)33(40)36-29-31-19-12-11-13-20-31/h5-6,11-13,18-20H,1-2,7-10,14-17,21-29H2,3-4H3,(H,35,41)(H,36,40)/b30-18+. The van der Waals surface area contributed by atoms with Crippen LogP contribution in [0.1, 0.15) is 69.8 Å². The van der Waals surface area contributed by atoms with Crippen molar-refractivity contribution < 1.29 is 23.9 Å². The molecule has 0 saturated carbocycles. The zero-order valence-electron chi connectivity index (χ0n) is 26.5. The van der Waals surface area contributed by atoms with E-state index in [0.717, 1.165) is 62.7 Å². The summed E-state index contributed by atoms with van der Waals surface area (Å²) in [5.41, 5.74) is 2.07. The number of alkyl carbamates (subject to hydrolysis) is 1. The fourth-order valence-electron chi connectivity index (χ4n) is 4.23. The number of hydrogen-bond acceptors (Lipinski definition) is 5. The van der Waals surface area contributed by atoms with Crippen LogP contribution >= 0.6 is 0 Å². The lowest BCUT2D eigenvalue weighted by atomic mass is 10.1. The number of rotatable bonds is 24. The van der Waals surface area contributed by atoms with Gasteiger partial charge in [-0.2, -0.15) is 0 Å². The van der Waals surface area contributed by atoms with Gasteiger partial charge in [0.15, 0.2) is 0 Å². The van der Waals surface area contributed by atoms with Crippen LogP contribution in [0.25, 0.3) is 0 Å². The molecule has 1 aromatic rings. The predicted molar refractivity (Wildman–Crippen MR) is 174 cm³/mol. The van der Waals surface area contributed by atoms with Gasteiger partial charge in [-0.3, -0.25) is 4.79 Å². The van der Waals surface area contributed by atoms with Gasteiger partial charge in [-0.05, 0) is 43.2 Å². The summed E-state index contributed by atoms with van der Waals surface area (Å²) in [5, 5.41) is 5.66. The third-order valence-electron chi connectivity index (χ3n) is 6.92. The number of nitrogens with one attached hydrogen (secondary N) is 2. The molecule has 240 valence electrons. The molecule has 0 atom stereocenters. The van der Waals surface area contributed by atoms with Gasteiger partial charge in [-0.1, -0.05) is 87.4 Å². The van der Waals surface area contributed by atoms with Crippen molar-refractivity contribution in [3.63, 3.8) is 0 Å². The number of amides is 4. The minimum atomic E-state index is -0.411. The summed E-state index contributed by atoms with van der Waals surface area (Å²) in [6.07, 6.45) is 13.9. The Bertz CT molecular complexity index is 967. The molecule has 0 heterocycles. The number of ether oxygens (including phenoxy) is 2. The van der Waals surface area contributed by atoms with Crippen LogP contribution in [0.2, 0.25) is 0 Å². The van der Waals surface area contributed by atoms with Gasteiger partial charge in [0.25, 0.3) is 0 Å². The molecule has 0 aliphatic heterocycles. The number of hydrogen-bond donors (Lipinski definition) is 2. The molecule has 0 spiro atoms. The highest BCUT2D eigenvalue weighted by atomic mass is 16.5. The van der Waals surface area contributed by atoms with Gasteiger partial charge in [0.05, 0.1) is 6.61 Å². The van der Waals surface area contributed by atoms with Crippen molar-refractivity contribution >= 4 is 18.0 Å². The number of nitrogens with zero attached hydrogens (tertiary/aromatic N) is 2. The molecular formula is C34H54N4O5. The second kappa shape index (κ2) is 25.0. The third kappa shape index (κ3) is 20.0. The van der Waals surface area contributed by atoms with Crippen molar-refractivity contribution in [3.05, 3.63) is 72.9 Å². The summed E-state index contributed by atoms with van der Waals surface area (Å²) in [4.78, 5) is 39.6. The summed E-state index contributed by atoms with van der Waals surface area (Å²) in [7, 11) is 3.56. The normalized spacial score (nSPS) is 11.0. The van der Waals surface area contributed by atoms with E-state index in [-0.39, 0.29) is 18.5 Å². The van der Waals surface area contributed by atoms with Gasteiger partial charge in [0.2, 0.25) is 5.91 Å². The van der Waals surface area contributed by atoms with E-state index in [1.807, 2.05) is 43.5 Å². The molecule has 9 nitrogen and oxygen atoms in total. The Balaban J connectivity index is 1.88. The Morgan fingerprint density at radius 1 is 0.791 bits per heavy atom.